The smallest absolute Gasteiger partial charge is 0.322 e. The molecule has 6 nitrogen and oxygen atoms in total. The highest BCUT2D eigenvalue weighted by molar-refractivity contribution is 6.04. The van der Waals surface area contributed by atoms with Crippen molar-refractivity contribution in [3.63, 3.8) is 0 Å². The number of hydrogen-bond acceptors (Lipinski definition) is 3. The van der Waals surface area contributed by atoms with E-state index in [-0.39, 0.29) is 11.8 Å². The molecule has 0 radical (unpaired) electrons. The van der Waals surface area contributed by atoms with E-state index in [2.05, 4.69) is 16.0 Å². The van der Waals surface area contributed by atoms with Crippen molar-refractivity contribution in [1.29, 1.82) is 0 Å². The van der Waals surface area contributed by atoms with Crippen molar-refractivity contribution in [2.75, 3.05) is 6.54 Å². The molecule has 0 spiro atoms. The van der Waals surface area contributed by atoms with E-state index in [0.717, 1.165) is 0 Å². The lowest BCUT2D eigenvalue weighted by Gasteiger charge is -2.06. The van der Waals surface area contributed by atoms with Crippen LogP contribution < -0.4 is 16.0 Å². The molecular formula is C8H13N3O3. The zero-order valence-corrected chi connectivity index (χ0v) is 7.92. The molecule has 0 aromatic heterocycles. The summed E-state index contributed by atoms with van der Waals surface area (Å²) in [5.41, 5.74) is 0. The fourth-order valence-corrected chi connectivity index (χ4v) is 1.23. The summed E-state index contributed by atoms with van der Waals surface area (Å²) >= 11 is 0. The quantitative estimate of drug-likeness (QED) is 0.405. The Morgan fingerprint density at radius 1 is 1.50 bits per heavy atom. The van der Waals surface area contributed by atoms with Gasteiger partial charge in [-0.2, -0.15) is 0 Å². The van der Waals surface area contributed by atoms with Crippen LogP contribution in [0.5, 0.6) is 0 Å². The Morgan fingerprint density at radius 2 is 2.21 bits per heavy atom. The van der Waals surface area contributed by atoms with Crippen molar-refractivity contribution in [2.45, 2.75) is 25.8 Å². The average Bonchev–Trinajstić information content (AvgIpc) is 2.39. The molecule has 1 unspecified atom stereocenters. The molecule has 0 aromatic carbocycles. The summed E-state index contributed by atoms with van der Waals surface area (Å²) < 4.78 is 0. The van der Waals surface area contributed by atoms with E-state index < -0.39 is 12.1 Å². The summed E-state index contributed by atoms with van der Waals surface area (Å²) in [6.07, 6.45) is 1.20. The summed E-state index contributed by atoms with van der Waals surface area (Å²) in [6.45, 7) is 1.96. The molecule has 78 valence electrons. The third kappa shape index (κ3) is 3.04. The average molecular weight is 199 g/mol. The van der Waals surface area contributed by atoms with Crippen molar-refractivity contribution >= 4 is 17.8 Å². The third-order valence-electron chi connectivity index (χ3n) is 1.90. The van der Waals surface area contributed by atoms with E-state index in [0.29, 0.717) is 19.4 Å². The van der Waals surface area contributed by atoms with Crippen LogP contribution in [0.1, 0.15) is 19.8 Å². The minimum absolute atomic E-state index is 0.0927. The number of urea groups is 1. The Balaban J connectivity index is 2.16. The monoisotopic (exact) mass is 199 g/mol. The molecule has 0 aromatic rings. The van der Waals surface area contributed by atoms with Gasteiger partial charge in [0.25, 0.3) is 5.91 Å². The molecule has 1 atom stereocenters. The maximum absolute atomic E-state index is 11.0. The van der Waals surface area contributed by atoms with E-state index in [1.807, 2.05) is 0 Å². The van der Waals surface area contributed by atoms with Crippen molar-refractivity contribution in [3.05, 3.63) is 0 Å². The van der Waals surface area contributed by atoms with Crippen LogP contribution >= 0.6 is 0 Å². The van der Waals surface area contributed by atoms with Crippen molar-refractivity contribution in [3.8, 4) is 0 Å². The second kappa shape index (κ2) is 4.59. The van der Waals surface area contributed by atoms with E-state index in [1.54, 1.807) is 0 Å². The standard InChI is InChI=1S/C8H13N3O3/c1-5(12)9-4-2-3-6-7(13)11-8(14)10-6/h6H,2-4H2,1H3,(H,9,12)(H2,10,11,13,14). The topological polar surface area (TPSA) is 87.3 Å². The molecule has 0 saturated carbocycles. The molecular weight excluding hydrogens is 186 g/mol. The fourth-order valence-electron chi connectivity index (χ4n) is 1.23. The number of carbonyl (C=O) groups excluding carboxylic acids is 3. The SMILES string of the molecule is CC(=O)NCCCC1NC(=O)NC1=O. The molecule has 1 aliphatic rings. The van der Waals surface area contributed by atoms with Gasteiger partial charge in [0.15, 0.2) is 0 Å². The van der Waals surface area contributed by atoms with Crippen LogP contribution in [0.3, 0.4) is 0 Å². The van der Waals surface area contributed by atoms with Crippen LogP contribution in [0.15, 0.2) is 0 Å². The van der Waals surface area contributed by atoms with Crippen molar-refractivity contribution < 1.29 is 14.4 Å². The number of nitrogens with one attached hydrogen (secondary N) is 3. The molecule has 1 heterocycles. The number of imide groups is 1. The Bertz CT molecular complexity index is 265. The van der Waals surface area contributed by atoms with Gasteiger partial charge < -0.3 is 10.6 Å². The summed E-state index contributed by atoms with van der Waals surface area (Å²) in [6, 6.07) is -0.893. The highest BCUT2D eigenvalue weighted by atomic mass is 16.2. The second-order valence-electron chi connectivity index (χ2n) is 3.14. The zero-order chi connectivity index (χ0) is 10.6. The number of amides is 4. The van der Waals surface area contributed by atoms with Gasteiger partial charge in [-0.25, -0.2) is 4.79 Å². The van der Waals surface area contributed by atoms with Crippen LogP contribution in [0.4, 0.5) is 4.79 Å². The van der Waals surface area contributed by atoms with Gasteiger partial charge >= 0.3 is 6.03 Å². The lowest BCUT2D eigenvalue weighted by Crippen LogP contribution is -2.30. The van der Waals surface area contributed by atoms with E-state index in [4.69, 9.17) is 0 Å². The predicted octanol–water partition coefficient (Wildman–Crippen LogP) is -0.889. The normalized spacial score (nSPS) is 20.2. The Morgan fingerprint density at radius 3 is 2.71 bits per heavy atom. The summed E-state index contributed by atoms with van der Waals surface area (Å²) in [4.78, 5) is 32.2. The Hall–Kier alpha value is -1.59. The maximum atomic E-state index is 11.0. The molecule has 1 fully saturated rings. The summed E-state index contributed by atoms with van der Waals surface area (Å²) in [5.74, 6) is -0.386. The molecule has 0 bridgehead atoms. The first-order valence-electron chi connectivity index (χ1n) is 4.45. The minimum atomic E-state index is -0.448. The van der Waals surface area contributed by atoms with Gasteiger partial charge in [0.1, 0.15) is 6.04 Å². The van der Waals surface area contributed by atoms with Gasteiger partial charge in [0.2, 0.25) is 5.91 Å². The predicted molar refractivity (Wildman–Crippen MR) is 48.4 cm³/mol. The highest BCUT2D eigenvalue weighted by Gasteiger charge is 2.28. The maximum Gasteiger partial charge on any atom is 0.322 e. The first kappa shape index (κ1) is 10.5. The molecule has 4 amide bonds. The summed E-state index contributed by atoms with van der Waals surface area (Å²) in [7, 11) is 0. The van der Waals surface area contributed by atoms with Gasteiger partial charge in [0.05, 0.1) is 0 Å². The molecule has 1 aliphatic heterocycles. The molecule has 14 heavy (non-hydrogen) atoms. The molecule has 1 saturated heterocycles. The van der Waals surface area contributed by atoms with Gasteiger partial charge in [-0.3, -0.25) is 14.9 Å². The lowest BCUT2D eigenvalue weighted by molar-refractivity contribution is -0.120. The molecule has 1 rings (SSSR count). The van der Waals surface area contributed by atoms with Crippen molar-refractivity contribution in [2.24, 2.45) is 0 Å². The van der Waals surface area contributed by atoms with Gasteiger partial charge in [-0.1, -0.05) is 0 Å². The van der Waals surface area contributed by atoms with E-state index in [9.17, 15) is 14.4 Å². The minimum Gasteiger partial charge on any atom is -0.356 e. The van der Waals surface area contributed by atoms with Crippen LogP contribution in [0.25, 0.3) is 0 Å². The second-order valence-corrected chi connectivity index (χ2v) is 3.14. The van der Waals surface area contributed by atoms with Crippen LogP contribution in [0.2, 0.25) is 0 Å². The molecule has 0 aliphatic carbocycles. The van der Waals surface area contributed by atoms with E-state index >= 15 is 0 Å². The molecule has 6 heteroatoms. The van der Waals surface area contributed by atoms with Gasteiger partial charge in [-0.05, 0) is 12.8 Å². The lowest BCUT2D eigenvalue weighted by atomic mass is 10.1. The summed E-state index contributed by atoms with van der Waals surface area (Å²) in [5, 5.41) is 7.23. The van der Waals surface area contributed by atoms with Gasteiger partial charge in [-0.15, -0.1) is 0 Å². The van der Waals surface area contributed by atoms with Crippen LogP contribution in [-0.2, 0) is 9.59 Å². The number of hydrogen-bond donors (Lipinski definition) is 3. The Kier molecular flexibility index (Phi) is 3.44. The number of carbonyl (C=O) groups is 3. The first-order chi connectivity index (χ1) is 6.59. The fraction of sp³-hybridized carbons (Fsp3) is 0.625. The number of rotatable bonds is 4. The highest BCUT2D eigenvalue weighted by Crippen LogP contribution is 2.01. The zero-order valence-electron chi connectivity index (χ0n) is 7.92. The van der Waals surface area contributed by atoms with E-state index in [1.165, 1.54) is 6.92 Å². The van der Waals surface area contributed by atoms with Crippen LogP contribution in [-0.4, -0.2) is 30.4 Å². The van der Waals surface area contributed by atoms with Crippen molar-refractivity contribution in [1.82, 2.24) is 16.0 Å². The Labute approximate surface area is 81.4 Å². The largest absolute Gasteiger partial charge is 0.356 e. The van der Waals surface area contributed by atoms with Crippen LogP contribution in [0, 0.1) is 0 Å². The van der Waals surface area contributed by atoms with Gasteiger partial charge in [0, 0.05) is 13.5 Å². The molecule has 3 N–H and O–H groups in total. The third-order valence-corrected chi connectivity index (χ3v) is 1.90. The first-order valence-corrected chi connectivity index (χ1v) is 4.45.